The number of ether oxygens (including phenoxy) is 1. The standard InChI is InChI=1S/C37H41ClF2N4O5S/c1-37(2,3)33(42-36(47)48)20-7-10-24(11-8-20)44(35(46)32-30(38)29-25(39)12-13-26(40)31(29)50-32)19-23-17-21(9-14-28(23)49-6)22-15-16-41-27(18-22)34(45)43(4)5/h9,12-18,20,24,33,42H,7-8,10-11,19H2,1-6H3,(H,47,48). The summed E-state index contributed by atoms with van der Waals surface area (Å²) in [5, 5.41) is 12.0. The molecule has 0 spiro atoms. The lowest BCUT2D eigenvalue weighted by atomic mass is 9.72. The Morgan fingerprint density at radius 1 is 1.02 bits per heavy atom. The molecule has 1 fully saturated rings. The lowest BCUT2D eigenvalue weighted by Crippen LogP contribution is -2.50. The molecule has 1 atom stereocenters. The zero-order chi connectivity index (χ0) is 36.5. The van der Waals surface area contributed by atoms with Crippen molar-refractivity contribution < 1.29 is 33.0 Å². The number of carboxylic acid groups (broad SMARTS) is 1. The van der Waals surface area contributed by atoms with E-state index in [9.17, 15) is 28.3 Å². The van der Waals surface area contributed by atoms with Gasteiger partial charge in [0.05, 0.1) is 22.2 Å². The van der Waals surface area contributed by atoms with Crippen molar-refractivity contribution in [2.24, 2.45) is 11.3 Å². The zero-order valence-corrected chi connectivity index (χ0v) is 30.4. The molecular weight excluding hydrogens is 686 g/mol. The second-order valence-corrected chi connectivity index (χ2v) is 15.3. The van der Waals surface area contributed by atoms with Crippen molar-refractivity contribution in [3.8, 4) is 16.9 Å². The summed E-state index contributed by atoms with van der Waals surface area (Å²) < 4.78 is 35.4. The predicted molar refractivity (Wildman–Crippen MR) is 191 cm³/mol. The van der Waals surface area contributed by atoms with Crippen molar-refractivity contribution in [1.82, 2.24) is 20.1 Å². The van der Waals surface area contributed by atoms with Gasteiger partial charge in [0.25, 0.3) is 11.8 Å². The minimum absolute atomic E-state index is 0.0315. The molecule has 50 heavy (non-hydrogen) atoms. The van der Waals surface area contributed by atoms with E-state index < -0.39 is 23.6 Å². The van der Waals surface area contributed by atoms with Crippen molar-refractivity contribution in [1.29, 1.82) is 0 Å². The van der Waals surface area contributed by atoms with Crippen molar-refractivity contribution in [2.75, 3.05) is 21.2 Å². The van der Waals surface area contributed by atoms with Gasteiger partial charge in [-0.2, -0.15) is 0 Å². The highest BCUT2D eigenvalue weighted by atomic mass is 35.5. The number of halogens is 3. The second-order valence-electron chi connectivity index (χ2n) is 13.9. The van der Waals surface area contributed by atoms with E-state index in [-0.39, 0.29) is 61.5 Å². The van der Waals surface area contributed by atoms with Crippen LogP contribution in [0.15, 0.2) is 48.7 Å². The maximum absolute atomic E-state index is 14.9. The predicted octanol–water partition coefficient (Wildman–Crippen LogP) is 8.49. The number of hydrogen-bond acceptors (Lipinski definition) is 6. The Kier molecular flexibility index (Phi) is 11.0. The Morgan fingerprint density at radius 2 is 1.68 bits per heavy atom. The number of nitrogens with zero attached hydrogens (tertiary/aromatic N) is 3. The molecule has 2 N–H and O–H groups in total. The number of fused-ring (bicyclic) bond motifs is 1. The van der Waals surface area contributed by atoms with Crippen molar-refractivity contribution in [3.05, 3.63) is 81.5 Å². The summed E-state index contributed by atoms with van der Waals surface area (Å²) in [6.45, 7) is 6.08. The van der Waals surface area contributed by atoms with Crippen LogP contribution in [-0.4, -0.2) is 71.1 Å². The first-order valence-corrected chi connectivity index (χ1v) is 17.5. The van der Waals surface area contributed by atoms with E-state index in [1.54, 1.807) is 43.4 Å². The van der Waals surface area contributed by atoms with Gasteiger partial charge in [-0.1, -0.05) is 38.4 Å². The summed E-state index contributed by atoms with van der Waals surface area (Å²) in [5.41, 5.74) is 2.13. The largest absolute Gasteiger partial charge is 0.496 e. The molecule has 1 unspecified atom stereocenters. The molecule has 1 aliphatic rings. The van der Waals surface area contributed by atoms with Crippen LogP contribution in [0.5, 0.6) is 5.75 Å². The molecule has 0 saturated heterocycles. The van der Waals surface area contributed by atoms with Gasteiger partial charge in [-0.25, -0.2) is 13.6 Å². The maximum Gasteiger partial charge on any atom is 0.404 e. The monoisotopic (exact) mass is 726 g/mol. The Balaban J connectivity index is 1.54. The van der Waals surface area contributed by atoms with Gasteiger partial charge >= 0.3 is 6.09 Å². The highest BCUT2D eigenvalue weighted by molar-refractivity contribution is 7.21. The molecule has 2 aromatic carbocycles. The van der Waals surface area contributed by atoms with Crippen LogP contribution in [-0.2, 0) is 6.54 Å². The van der Waals surface area contributed by atoms with E-state index in [1.165, 1.54) is 12.0 Å². The van der Waals surface area contributed by atoms with Gasteiger partial charge in [-0.15, -0.1) is 11.3 Å². The first-order valence-electron chi connectivity index (χ1n) is 16.3. The van der Waals surface area contributed by atoms with Crippen molar-refractivity contribution in [2.45, 2.75) is 65.1 Å². The van der Waals surface area contributed by atoms with Crippen LogP contribution < -0.4 is 10.1 Å². The summed E-state index contributed by atoms with van der Waals surface area (Å²) in [6.07, 6.45) is 2.92. The highest BCUT2D eigenvalue weighted by Gasteiger charge is 2.39. The van der Waals surface area contributed by atoms with Crippen LogP contribution in [0.25, 0.3) is 21.2 Å². The van der Waals surface area contributed by atoms with Crippen LogP contribution in [0.3, 0.4) is 0 Å². The topological polar surface area (TPSA) is 112 Å². The van der Waals surface area contributed by atoms with Crippen LogP contribution >= 0.6 is 22.9 Å². The number of benzene rings is 2. The Hall–Kier alpha value is -4.29. The van der Waals surface area contributed by atoms with E-state index in [1.807, 2.05) is 32.9 Å². The van der Waals surface area contributed by atoms with Crippen molar-refractivity contribution in [3.63, 3.8) is 0 Å². The molecule has 13 heteroatoms. The lowest BCUT2D eigenvalue weighted by Gasteiger charge is -2.43. The van der Waals surface area contributed by atoms with Crippen LogP contribution in [0.4, 0.5) is 13.6 Å². The molecule has 0 aliphatic heterocycles. The lowest BCUT2D eigenvalue weighted by molar-refractivity contribution is 0.0543. The maximum atomic E-state index is 14.9. The Bertz CT molecular complexity index is 1920. The Morgan fingerprint density at radius 3 is 2.28 bits per heavy atom. The number of aromatic nitrogens is 1. The number of methoxy groups -OCH3 is 1. The third-order valence-corrected chi connectivity index (χ3v) is 11.0. The number of nitrogens with one attached hydrogen (secondary N) is 1. The fourth-order valence-electron chi connectivity index (χ4n) is 6.88. The molecule has 2 aromatic heterocycles. The van der Waals surface area contributed by atoms with Crippen molar-refractivity contribution >= 4 is 50.9 Å². The quantitative estimate of drug-likeness (QED) is 0.179. The fourth-order valence-corrected chi connectivity index (χ4v) is 8.38. The third kappa shape index (κ3) is 7.71. The molecule has 9 nitrogen and oxygen atoms in total. The first-order chi connectivity index (χ1) is 23.6. The van der Waals surface area contributed by atoms with E-state index in [2.05, 4.69) is 10.3 Å². The molecule has 1 saturated carbocycles. The summed E-state index contributed by atoms with van der Waals surface area (Å²) in [6, 6.07) is 10.5. The number of pyridine rings is 1. The van der Waals surface area contributed by atoms with E-state index in [0.717, 1.165) is 34.6 Å². The van der Waals surface area contributed by atoms with Crippen LogP contribution in [0.2, 0.25) is 5.02 Å². The summed E-state index contributed by atoms with van der Waals surface area (Å²) in [4.78, 5) is 46.3. The molecule has 0 bridgehead atoms. The average Bonchev–Trinajstić information content (AvgIpc) is 3.44. The van der Waals surface area contributed by atoms with Gasteiger partial charge in [0.15, 0.2) is 0 Å². The van der Waals surface area contributed by atoms with E-state index in [0.29, 0.717) is 37.0 Å². The third-order valence-electron chi connectivity index (χ3n) is 9.34. The molecule has 3 amide bonds. The summed E-state index contributed by atoms with van der Waals surface area (Å²) in [5.74, 6) is -1.53. The molecule has 266 valence electrons. The first kappa shape index (κ1) is 37.0. The van der Waals surface area contributed by atoms with E-state index >= 15 is 0 Å². The number of hydrogen-bond donors (Lipinski definition) is 2. The number of carbonyl (C=O) groups excluding carboxylic acids is 2. The molecule has 4 aromatic rings. The average molecular weight is 727 g/mol. The molecule has 0 radical (unpaired) electrons. The fraction of sp³-hybridized carbons (Fsp3) is 0.405. The van der Waals surface area contributed by atoms with Gasteiger partial charge in [0.2, 0.25) is 0 Å². The number of rotatable bonds is 9. The number of carbonyl (C=O) groups is 3. The summed E-state index contributed by atoms with van der Waals surface area (Å²) >= 11 is 7.46. The van der Waals surface area contributed by atoms with E-state index in [4.69, 9.17) is 16.3 Å². The molecule has 2 heterocycles. The molecule has 5 rings (SSSR count). The molecule has 1 aliphatic carbocycles. The second kappa shape index (κ2) is 14.9. The molecular formula is C37H41ClF2N4O5S. The van der Waals surface area contributed by atoms with Crippen LogP contribution in [0, 0.1) is 23.0 Å². The number of amides is 3. The van der Waals surface area contributed by atoms with Gasteiger partial charge in [-0.3, -0.25) is 14.6 Å². The van der Waals surface area contributed by atoms with Gasteiger partial charge in [-0.05, 0) is 84.5 Å². The van der Waals surface area contributed by atoms with Gasteiger partial charge < -0.3 is 25.0 Å². The van der Waals surface area contributed by atoms with Gasteiger partial charge in [0, 0.05) is 44.5 Å². The zero-order valence-electron chi connectivity index (χ0n) is 28.9. The summed E-state index contributed by atoms with van der Waals surface area (Å²) in [7, 11) is 4.84. The number of thiophene rings is 1. The van der Waals surface area contributed by atoms with Gasteiger partial charge in [0.1, 0.15) is 28.0 Å². The Labute approximate surface area is 299 Å². The minimum atomic E-state index is -1.08. The minimum Gasteiger partial charge on any atom is -0.496 e. The van der Waals surface area contributed by atoms with Crippen LogP contribution in [0.1, 0.15) is 72.2 Å². The SMILES string of the molecule is COc1ccc(-c2ccnc(C(=O)N(C)C)c2)cc1CN(C(=O)c1sc2c(F)ccc(F)c2c1Cl)C1CCC(C(NC(=O)O)C(C)(C)C)CC1. The smallest absolute Gasteiger partial charge is 0.404 e. The normalized spacial score (nSPS) is 16.9. The highest BCUT2D eigenvalue weighted by Crippen LogP contribution is 2.42.